The van der Waals surface area contributed by atoms with Crippen molar-refractivity contribution >= 4 is 22.6 Å². The third-order valence-corrected chi connectivity index (χ3v) is 3.30. The Labute approximate surface area is 117 Å². The molecule has 3 heteroatoms. The van der Waals surface area contributed by atoms with Crippen LogP contribution < -0.4 is 0 Å². The van der Waals surface area contributed by atoms with E-state index in [0.717, 1.165) is 22.0 Å². The zero-order valence-corrected chi connectivity index (χ0v) is 11.1. The summed E-state index contributed by atoms with van der Waals surface area (Å²) in [5.41, 5.74) is 3.65. The molecular formula is C17H13N3. The lowest BCUT2D eigenvalue weighted by atomic mass is 10.0. The van der Waals surface area contributed by atoms with E-state index in [1.165, 1.54) is 0 Å². The van der Waals surface area contributed by atoms with Gasteiger partial charge in [-0.05, 0) is 23.8 Å². The van der Waals surface area contributed by atoms with Crippen LogP contribution in [0, 0.1) is 11.3 Å². The van der Waals surface area contributed by atoms with E-state index < -0.39 is 0 Å². The minimum Gasteiger partial charge on any atom is -0.350 e. The number of benzene rings is 1. The molecule has 0 bridgehead atoms. The Morgan fingerprint density at radius 2 is 2.10 bits per heavy atom. The zero-order chi connectivity index (χ0) is 13.9. The second kappa shape index (κ2) is 5.02. The van der Waals surface area contributed by atoms with Crippen molar-refractivity contribution in [3.8, 4) is 6.07 Å². The first-order valence-corrected chi connectivity index (χ1v) is 6.36. The Morgan fingerprint density at radius 1 is 1.25 bits per heavy atom. The van der Waals surface area contributed by atoms with Crippen molar-refractivity contribution in [2.45, 2.75) is 0 Å². The first-order valence-electron chi connectivity index (χ1n) is 6.36. The van der Waals surface area contributed by atoms with Crippen LogP contribution in [0.1, 0.15) is 11.1 Å². The van der Waals surface area contributed by atoms with Crippen molar-refractivity contribution in [3.05, 3.63) is 66.1 Å². The fourth-order valence-corrected chi connectivity index (χ4v) is 2.35. The maximum Gasteiger partial charge on any atom is 0.0998 e. The van der Waals surface area contributed by atoms with E-state index in [1.807, 2.05) is 54.2 Å². The number of para-hydroxylation sites is 1. The number of hydrogen-bond donors (Lipinski definition) is 0. The molecule has 0 radical (unpaired) electrons. The highest BCUT2D eigenvalue weighted by atomic mass is 14.9. The van der Waals surface area contributed by atoms with Gasteiger partial charge in [-0.3, -0.25) is 4.98 Å². The molecule has 1 aromatic carbocycles. The van der Waals surface area contributed by atoms with Crippen molar-refractivity contribution in [1.82, 2.24) is 9.55 Å². The van der Waals surface area contributed by atoms with Crippen LogP contribution in [-0.4, -0.2) is 9.55 Å². The van der Waals surface area contributed by atoms with E-state index in [0.29, 0.717) is 5.57 Å². The van der Waals surface area contributed by atoms with Gasteiger partial charge in [0.15, 0.2) is 0 Å². The predicted octanol–water partition coefficient (Wildman–Crippen LogP) is 3.64. The molecule has 3 nitrogen and oxygen atoms in total. The summed E-state index contributed by atoms with van der Waals surface area (Å²) in [4.78, 5) is 4.07. The van der Waals surface area contributed by atoms with Gasteiger partial charge in [-0.25, -0.2) is 0 Å². The normalized spacial score (nSPS) is 11.5. The molecule has 0 saturated carbocycles. The van der Waals surface area contributed by atoms with Gasteiger partial charge < -0.3 is 4.57 Å². The molecule has 2 aromatic heterocycles. The van der Waals surface area contributed by atoms with E-state index in [2.05, 4.69) is 17.1 Å². The molecule has 0 saturated heterocycles. The van der Waals surface area contributed by atoms with Gasteiger partial charge in [-0.15, -0.1) is 0 Å². The number of aryl methyl sites for hydroxylation is 1. The molecule has 2 heterocycles. The summed E-state index contributed by atoms with van der Waals surface area (Å²) < 4.78 is 2.04. The van der Waals surface area contributed by atoms with Crippen molar-refractivity contribution in [3.63, 3.8) is 0 Å². The molecule has 0 unspecified atom stereocenters. The number of nitriles is 1. The van der Waals surface area contributed by atoms with Crippen LogP contribution in [0.5, 0.6) is 0 Å². The highest BCUT2D eigenvalue weighted by Crippen LogP contribution is 2.27. The Balaban J connectivity index is 2.19. The summed E-state index contributed by atoms with van der Waals surface area (Å²) in [6, 6.07) is 14.2. The van der Waals surface area contributed by atoms with Crippen molar-refractivity contribution in [1.29, 1.82) is 5.26 Å². The lowest BCUT2D eigenvalue weighted by molar-refractivity contribution is 0.967. The molecular weight excluding hydrogens is 246 g/mol. The van der Waals surface area contributed by atoms with E-state index >= 15 is 0 Å². The molecule has 0 aliphatic rings. The molecule has 0 N–H and O–H groups in total. The van der Waals surface area contributed by atoms with Crippen molar-refractivity contribution in [2.75, 3.05) is 0 Å². The lowest BCUT2D eigenvalue weighted by Crippen LogP contribution is -1.83. The molecule has 96 valence electrons. The summed E-state index contributed by atoms with van der Waals surface area (Å²) in [7, 11) is 1.99. The number of rotatable bonds is 2. The molecule has 0 spiro atoms. The molecule has 0 amide bonds. The highest BCUT2D eigenvalue weighted by Gasteiger charge is 2.10. The number of fused-ring (bicyclic) bond motifs is 1. The smallest absolute Gasteiger partial charge is 0.0998 e. The molecule has 3 aromatic rings. The number of pyridine rings is 1. The SMILES string of the molecule is Cn1cc(/C(C#N)=C/c2cccnc2)c2ccccc21. The summed E-state index contributed by atoms with van der Waals surface area (Å²) in [5.74, 6) is 0. The summed E-state index contributed by atoms with van der Waals surface area (Å²) in [6.07, 6.45) is 7.34. The maximum absolute atomic E-state index is 9.46. The van der Waals surface area contributed by atoms with Crippen LogP contribution in [0.4, 0.5) is 0 Å². The maximum atomic E-state index is 9.46. The topological polar surface area (TPSA) is 41.6 Å². The highest BCUT2D eigenvalue weighted by molar-refractivity contribution is 6.01. The standard InChI is InChI=1S/C17H13N3/c1-20-12-16(15-6-2-3-7-17(15)20)14(10-18)9-13-5-4-8-19-11-13/h2-9,11-12H,1H3/b14-9+. The largest absolute Gasteiger partial charge is 0.350 e. The van der Waals surface area contributed by atoms with Crippen LogP contribution in [0.3, 0.4) is 0 Å². The summed E-state index contributed by atoms with van der Waals surface area (Å²) >= 11 is 0. The minimum absolute atomic E-state index is 0.648. The Hall–Kier alpha value is -2.86. The first-order chi connectivity index (χ1) is 9.79. The van der Waals surface area contributed by atoms with Crippen LogP contribution in [0.25, 0.3) is 22.6 Å². The third-order valence-electron chi connectivity index (χ3n) is 3.30. The summed E-state index contributed by atoms with van der Waals surface area (Å²) in [6.45, 7) is 0. The van der Waals surface area contributed by atoms with Gasteiger partial charge >= 0.3 is 0 Å². The van der Waals surface area contributed by atoms with E-state index in [-0.39, 0.29) is 0 Å². The Morgan fingerprint density at radius 3 is 2.85 bits per heavy atom. The quantitative estimate of drug-likeness (QED) is 0.659. The lowest BCUT2D eigenvalue weighted by Gasteiger charge is -1.97. The van der Waals surface area contributed by atoms with Crippen LogP contribution in [0.2, 0.25) is 0 Å². The van der Waals surface area contributed by atoms with Crippen molar-refractivity contribution < 1.29 is 0 Å². The molecule has 0 aliphatic heterocycles. The Bertz CT molecular complexity index is 820. The monoisotopic (exact) mass is 259 g/mol. The average Bonchev–Trinajstić information content (AvgIpc) is 2.84. The fourth-order valence-electron chi connectivity index (χ4n) is 2.35. The Kier molecular flexibility index (Phi) is 3.06. The van der Waals surface area contributed by atoms with Gasteiger partial charge in [0.2, 0.25) is 0 Å². The third kappa shape index (κ3) is 2.08. The van der Waals surface area contributed by atoms with Gasteiger partial charge in [0.25, 0.3) is 0 Å². The first kappa shape index (κ1) is 12.2. The van der Waals surface area contributed by atoms with Crippen LogP contribution in [-0.2, 0) is 7.05 Å². The van der Waals surface area contributed by atoms with Gasteiger partial charge in [0.05, 0.1) is 11.6 Å². The van der Waals surface area contributed by atoms with Gasteiger partial charge in [0, 0.05) is 42.1 Å². The molecule has 0 fully saturated rings. The van der Waals surface area contributed by atoms with E-state index in [1.54, 1.807) is 12.4 Å². The minimum atomic E-state index is 0.648. The van der Waals surface area contributed by atoms with Crippen LogP contribution >= 0.6 is 0 Å². The number of allylic oxidation sites excluding steroid dienone is 1. The molecule has 3 rings (SSSR count). The van der Waals surface area contributed by atoms with E-state index in [4.69, 9.17) is 0 Å². The molecule has 20 heavy (non-hydrogen) atoms. The predicted molar refractivity (Wildman–Crippen MR) is 80.6 cm³/mol. The van der Waals surface area contributed by atoms with Gasteiger partial charge in [-0.1, -0.05) is 24.3 Å². The number of hydrogen-bond acceptors (Lipinski definition) is 2. The fraction of sp³-hybridized carbons (Fsp3) is 0.0588. The number of nitrogens with zero attached hydrogens (tertiary/aromatic N) is 3. The average molecular weight is 259 g/mol. The molecule has 0 aliphatic carbocycles. The second-order valence-corrected chi connectivity index (χ2v) is 4.63. The van der Waals surface area contributed by atoms with Crippen LogP contribution in [0.15, 0.2) is 55.0 Å². The van der Waals surface area contributed by atoms with E-state index in [9.17, 15) is 5.26 Å². The van der Waals surface area contributed by atoms with Gasteiger partial charge in [0.1, 0.15) is 0 Å². The second-order valence-electron chi connectivity index (χ2n) is 4.63. The number of aromatic nitrogens is 2. The van der Waals surface area contributed by atoms with Crippen molar-refractivity contribution in [2.24, 2.45) is 7.05 Å². The summed E-state index contributed by atoms with van der Waals surface area (Å²) in [5, 5.41) is 10.6. The zero-order valence-electron chi connectivity index (χ0n) is 11.1. The van der Waals surface area contributed by atoms with Gasteiger partial charge in [-0.2, -0.15) is 5.26 Å². The molecule has 0 atom stereocenters.